The lowest BCUT2D eigenvalue weighted by atomic mass is 10.2. The summed E-state index contributed by atoms with van der Waals surface area (Å²) in [6.07, 6.45) is -1.88. The first kappa shape index (κ1) is 15.9. The average molecular weight is 314 g/mol. The standard InChI is InChI=1S/C13H18N2O5S/c1-14(2)21(19,20)10-5-3-9(4-6-10)13(18)15-7-11(16)12(17)8-15/h3-6,11-12,16-17H,7-8H2,1-2H3. The van der Waals surface area contributed by atoms with E-state index < -0.39 is 22.2 Å². The fourth-order valence-corrected chi connectivity index (χ4v) is 3.00. The van der Waals surface area contributed by atoms with Crippen LogP contribution in [0.3, 0.4) is 0 Å². The second kappa shape index (κ2) is 5.72. The lowest BCUT2D eigenvalue weighted by Crippen LogP contribution is -2.30. The Balaban J connectivity index is 2.18. The number of nitrogens with zero attached hydrogens (tertiary/aromatic N) is 2. The molecule has 21 heavy (non-hydrogen) atoms. The first-order valence-corrected chi connectivity index (χ1v) is 7.85. The molecule has 2 unspecified atom stereocenters. The summed E-state index contributed by atoms with van der Waals surface area (Å²) >= 11 is 0. The van der Waals surface area contributed by atoms with E-state index in [1.54, 1.807) is 0 Å². The summed E-state index contributed by atoms with van der Waals surface area (Å²) < 4.78 is 24.9. The van der Waals surface area contributed by atoms with Crippen molar-refractivity contribution in [2.24, 2.45) is 0 Å². The smallest absolute Gasteiger partial charge is 0.254 e. The van der Waals surface area contributed by atoms with E-state index in [4.69, 9.17) is 0 Å². The van der Waals surface area contributed by atoms with Crippen LogP contribution in [0, 0.1) is 0 Å². The highest BCUT2D eigenvalue weighted by atomic mass is 32.2. The Bertz CT molecular complexity index is 616. The number of rotatable bonds is 3. The van der Waals surface area contributed by atoms with Crippen molar-refractivity contribution in [1.82, 2.24) is 9.21 Å². The summed E-state index contributed by atoms with van der Waals surface area (Å²) in [5, 5.41) is 18.9. The SMILES string of the molecule is CN(C)S(=O)(=O)c1ccc(C(=O)N2CC(O)C(O)C2)cc1. The van der Waals surface area contributed by atoms with Crippen LogP contribution in [0.4, 0.5) is 0 Å². The van der Waals surface area contributed by atoms with Crippen molar-refractivity contribution in [3.8, 4) is 0 Å². The van der Waals surface area contributed by atoms with Gasteiger partial charge in [0.15, 0.2) is 0 Å². The van der Waals surface area contributed by atoms with E-state index in [-0.39, 0.29) is 23.9 Å². The van der Waals surface area contributed by atoms with E-state index in [2.05, 4.69) is 0 Å². The minimum Gasteiger partial charge on any atom is -0.388 e. The lowest BCUT2D eigenvalue weighted by Gasteiger charge is -2.16. The van der Waals surface area contributed by atoms with Gasteiger partial charge in [0.2, 0.25) is 10.0 Å². The molecule has 1 fully saturated rings. The number of aliphatic hydroxyl groups excluding tert-OH is 2. The number of benzene rings is 1. The molecule has 0 bridgehead atoms. The van der Waals surface area contributed by atoms with E-state index in [9.17, 15) is 23.4 Å². The minimum absolute atomic E-state index is 0.0672. The number of amides is 1. The summed E-state index contributed by atoms with van der Waals surface area (Å²) in [6.45, 7) is 0.134. The summed E-state index contributed by atoms with van der Waals surface area (Å²) in [4.78, 5) is 13.6. The molecule has 1 aromatic rings. The summed E-state index contributed by atoms with van der Waals surface area (Å²) in [7, 11) is -0.664. The molecule has 7 nitrogen and oxygen atoms in total. The molecule has 0 aliphatic carbocycles. The number of likely N-dealkylation sites (tertiary alicyclic amines) is 1. The Morgan fingerprint density at radius 2 is 1.62 bits per heavy atom. The molecule has 0 radical (unpaired) electrons. The molecule has 2 rings (SSSR count). The number of β-amino-alcohol motifs (C(OH)–C–C–N with tert-alkyl or cyclic N) is 2. The number of aliphatic hydroxyl groups is 2. The first-order chi connectivity index (χ1) is 9.73. The Labute approximate surface area is 123 Å². The van der Waals surface area contributed by atoms with E-state index >= 15 is 0 Å². The molecule has 2 atom stereocenters. The van der Waals surface area contributed by atoms with Crippen molar-refractivity contribution in [3.05, 3.63) is 29.8 Å². The quantitative estimate of drug-likeness (QED) is 0.754. The third kappa shape index (κ3) is 3.08. The maximum atomic E-state index is 12.2. The zero-order valence-electron chi connectivity index (χ0n) is 11.8. The van der Waals surface area contributed by atoms with Crippen LogP contribution in [0.5, 0.6) is 0 Å². The first-order valence-electron chi connectivity index (χ1n) is 6.41. The van der Waals surface area contributed by atoms with Gasteiger partial charge in [0, 0.05) is 32.7 Å². The van der Waals surface area contributed by atoms with Gasteiger partial charge in [0.25, 0.3) is 5.91 Å². The Morgan fingerprint density at radius 3 is 2.05 bits per heavy atom. The summed E-state index contributed by atoms with van der Waals surface area (Å²) in [6, 6.07) is 5.59. The molecule has 1 aliphatic rings. The van der Waals surface area contributed by atoms with Crippen LogP contribution in [-0.4, -0.2) is 73.1 Å². The Morgan fingerprint density at radius 1 is 1.14 bits per heavy atom. The van der Waals surface area contributed by atoms with Gasteiger partial charge in [0.1, 0.15) is 0 Å². The van der Waals surface area contributed by atoms with Gasteiger partial charge in [-0.15, -0.1) is 0 Å². The van der Waals surface area contributed by atoms with Gasteiger partial charge in [-0.3, -0.25) is 4.79 Å². The summed E-state index contributed by atoms with van der Waals surface area (Å²) in [5.41, 5.74) is 0.314. The lowest BCUT2D eigenvalue weighted by molar-refractivity contribution is 0.0572. The van der Waals surface area contributed by atoms with Gasteiger partial charge in [-0.05, 0) is 24.3 Å². The normalized spacial score (nSPS) is 22.8. The average Bonchev–Trinajstić information content (AvgIpc) is 2.78. The molecule has 116 valence electrons. The molecule has 0 saturated carbocycles. The predicted molar refractivity (Wildman–Crippen MR) is 75.2 cm³/mol. The Kier molecular flexibility index (Phi) is 4.33. The molecule has 0 aromatic heterocycles. The van der Waals surface area contributed by atoms with Crippen molar-refractivity contribution < 1.29 is 23.4 Å². The number of carbonyl (C=O) groups is 1. The maximum absolute atomic E-state index is 12.2. The molecule has 1 saturated heterocycles. The van der Waals surface area contributed by atoms with Gasteiger partial charge in [-0.2, -0.15) is 0 Å². The largest absolute Gasteiger partial charge is 0.388 e. The maximum Gasteiger partial charge on any atom is 0.254 e. The van der Waals surface area contributed by atoms with Crippen molar-refractivity contribution in [3.63, 3.8) is 0 Å². The molecule has 1 amide bonds. The molecule has 1 aromatic carbocycles. The van der Waals surface area contributed by atoms with Crippen LogP contribution in [0.25, 0.3) is 0 Å². The third-order valence-corrected chi connectivity index (χ3v) is 5.26. The number of sulfonamides is 1. The van der Waals surface area contributed by atoms with Gasteiger partial charge in [0.05, 0.1) is 17.1 Å². The van der Waals surface area contributed by atoms with E-state index in [0.29, 0.717) is 5.56 Å². The third-order valence-electron chi connectivity index (χ3n) is 3.43. The minimum atomic E-state index is -3.53. The molecular weight excluding hydrogens is 296 g/mol. The highest BCUT2D eigenvalue weighted by molar-refractivity contribution is 7.89. The molecule has 1 heterocycles. The zero-order chi connectivity index (χ0) is 15.8. The van der Waals surface area contributed by atoms with Crippen LogP contribution in [-0.2, 0) is 10.0 Å². The van der Waals surface area contributed by atoms with Crippen LogP contribution < -0.4 is 0 Å². The molecule has 0 spiro atoms. The molecular formula is C13H18N2O5S. The van der Waals surface area contributed by atoms with Crippen LogP contribution in [0.2, 0.25) is 0 Å². The van der Waals surface area contributed by atoms with Crippen molar-refractivity contribution in [2.45, 2.75) is 17.1 Å². The summed E-state index contributed by atoms with van der Waals surface area (Å²) in [5.74, 6) is -0.348. The molecule has 8 heteroatoms. The van der Waals surface area contributed by atoms with Crippen molar-refractivity contribution in [2.75, 3.05) is 27.2 Å². The van der Waals surface area contributed by atoms with Gasteiger partial charge in [-0.1, -0.05) is 0 Å². The van der Waals surface area contributed by atoms with Crippen LogP contribution >= 0.6 is 0 Å². The number of hydrogen-bond acceptors (Lipinski definition) is 5. The van der Waals surface area contributed by atoms with E-state index in [0.717, 1.165) is 4.31 Å². The fourth-order valence-electron chi connectivity index (χ4n) is 2.10. The fraction of sp³-hybridized carbons (Fsp3) is 0.462. The number of carbonyl (C=O) groups excluding carboxylic acids is 1. The zero-order valence-corrected chi connectivity index (χ0v) is 12.6. The highest BCUT2D eigenvalue weighted by Crippen LogP contribution is 2.17. The van der Waals surface area contributed by atoms with Crippen LogP contribution in [0.1, 0.15) is 10.4 Å². The van der Waals surface area contributed by atoms with Gasteiger partial charge in [-0.25, -0.2) is 12.7 Å². The van der Waals surface area contributed by atoms with Crippen molar-refractivity contribution >= 4 is 15.9 Å². The van der Waals surface area contributed by atoms with Crippen LogP contribution in [0.15, 0.2) is 29.2 Å². The van der Waals surface area contributed by atoms with E-state index in [1.807, 2.05) is 0 Å². The molecule has 1 aliphatic heterocycles. The van der Waals surface area contributed by atoms with E-state index in [1.165, 1.54) is 43.3 Å². The van der Waals surface area contributed by atoms with Crippen molar-refractivity contribution in [1.29, 1.82) is 0 Å². The monoisotopic (exact) mass is 314 g/mol. The predicted octanol–water partition coefficient (Wildman–Crippen LogP) is -0.885. The highest BCUT2D eigenvalue weighted by Gasteiger charge is 2.33. The number of hydrogen-bond donors (Lipinski definition) is 2. The molecule has 2 N–H and O–H groups in total. The van der Waals surface area contributed by atoms with Gasteiger partial charge >= 0.3 is 0 Å². The van der Waals surface area contributed by atoms with Gasteiger partial charge < -0.3 is 15.1 Å². The Hall–Kier alpha value is -1.48. The topological polar surface area (TPSA) is 98.2 Å². The second-order valence-electron chi connectivity index (χ2n) is 5.16. The second-order valence-corrected chi connectivity index (χ2v) is 7.31.